The maximum atomic E-state index is 13.0. The Morgan fingerprint density at radius 1 is 1.00 bits per heavy atom. The fourth-order valence-electron chi connectivity index (χ4n) is 5.71. The molecule has 0 saturated heterocycles. The van der Waals surface area contributed by atoms with Crippen LogP contribution in [0.1, 0.15) is 83.9 Å². The normalized spacial score (nSPS) is 26.4. The fraction of sp³-hybridized carbons (Fsp3) is 0.773. The number of H-pyrrole nitrogens is 1. The van der Waals surface area contributed by atoms with Crippen LogP contribution in [0.5, 0.6) is 0 Å². The highest BCUT2D eigenvalue weighted by molar-refractivity contribution is 5.70. The predicted molar refractivity (Wildman–Crippen MR) is 113 cm³/mol. The molecule has 2 aromatic heterocycles. The molecule has 5 rings (SSSR count). The summed E-state index contributed by atoms with van der Waals surface area (Å²) < 4.78 is 3.04. The first-order valence-electron chi connectivity index (χ1n) is 11.3. The van der Waals surface area contributed by atoms with Crippen LogP contribution in [0.25, 0.3) is 11.2 Å². The molecule has 0 aliphatic heterocycles. The monoisotopic (exact) mass is 402 g/mol. The van der Waals surface area contributed by atoms with Gasteiger partial charge in [-0.15, -0.1) is 0 Å². The van der Waals surface area contributed by atoms with E-state index in [1.54, 1.807) is 4.57 Å². The first-order valence-corrected chi connectivity index (χ1v) is 11.3. The minimum Gasteiger partial charge on any atom is -0.396 e. The van der Waals surface area contributed by atoms with Crippen LogP contribution >= 0.6 is 0 Å². The zero-order valence-electron chi connectivity index (χ0n) is 17.8. The van der Waals surface area contributed by atoms with Crippen LogP contribution < -0.4 is 11.2 Å². The lowest BCUT2D eigenvalue weighted by Crippen LogP contribution is -2.44. The molecule has 2 N–H and O–H groups in total. The zero-order chi connectivity index (χ0) is 20.6. The van der Waals surface area contributed by atoms with Crippen LogP contribution in [-0.4, -0.2) is 30.8 Å². The van der Waals surface area contributed by atoms with Crippen molar-refractivity contribution in [1.82, 2.24) is 19.1 Å². The van der Waals surface area contributed by atoms with E-state index < -0.39 is 0 Å². The lowest BCUT2D eigenvalue weighted by Gasteiger charge is -2.53. The van der Waals surface area contributed by atoms with Crippen LogP contribution in [0, 0.1) is 5.41 Å². The topological polar surface area (TPSA) is 92.9 Å². The van der Waals surface area contributed by atoms with E-state index in [1.807, 2.05) is 13.8 Å². The van der Waals surface area contributed by atoms with Gasteiger partial charge in [0.25, 0.3) is 5.56 Å². The van der Waals surface area contributed by atoms with Gasteiger partial charge in [0, 0.05) is 25.1 Å². The Morgan fingerprint density at radius 2 is 1.62 bits per heavy atom. The maximum Gasteiger partial charge on any atom is 0.332 e. The van der Waals surface area contributed by atoms with E-state index in [9.17, 15) is 14.7 Å². The largest absolute Gasteiger partial charge is 0.396 e. The molecule has 3 fully saturated rings. The molecule has 0 atom stereocenters. The number of aliphatic hydroxyl groups excluding tert-OH is 1. The molecule has 7 heteroatoms. The molecule has 3 aliphatic carbocycles. The summed E-state index contributed by atoms with van der Waals surface area (Å²) in [6.45, 7) is 5.29. The number of hydrogen-bond acceptors (Lipinski definition) is 4. The molecule has 0 spiro atoms. The Bertz CT molecular complexity index is 975. The molecule has 3 aliphatic rings. The predicted octanol–water partition coefficient (Wildman–Crippen LogP) is 3.07. The van der Waals surface area contributed by atoms with Gasteiger partial charge in [-0.3, -0.25) is 13.9 Å². The summed E-state index contributed by atoms with van der Waals surface area (Å²) in [6.07, 6.45) is 10.2. The van der Waals surface area contributed by atoms with Gasteiger partial charge < -0.3 is 10.1 Å². The van der Waals surface area contributed by atoms with Gasteiger partial charge in [-0.05, 0) is 69.6 Å². The first kappa shape index (κ1) is 20.4. The van der Waals surface area contributed by atoms with E-state index in [1.165, 1.54) is 4.57 Å². The summed E-state index contributed by atoms with van der Waals surface area (Å²) in [5.41, 5.74) is 0.916. The van der Waals surface area contributed by atoms with Gasteiger partial charge in [-0.1, -0.05) is 13.8 Å². The van der Waals surface area contributed by atoms with Gasteiger partial charge in [-0.2, -0.15) is 0 Å². The molecular formula is C22H34N4O3. The number of hydrogen-bond donors (Lipinski definition) is 2. The third-order valence-electron chi connectivity index (χ3n) is 7.52. The Balaban J connectivity index is 1.75. The smallest absolute Gasteiger partial charge is 0.332 e. The Kier molecular flexibility index (Phi) is 5.44. The molecule has 0 aromatic carbocycles. The molecule has 3 saturated carbocycles. The van der Waals surface area contributed by atoms with Gasteiger partial charge in [-0.25, -0.2) is 9.78 Å². The van der Waals surface area contributed by atoms with E-state index in [0.29, 0.717) is 29.7 Å². The lowest BCUT2D eigenvalue weighted by molar-refractivity contribution is 0.0238. The minimum absolute atomic E-state index is 0.00486. The van der Waals surface area contributed by atoms with Gasteiger partial charge in [0.2, 0.25) is 0 Å². The Hall–Kier alpha value is -1.89. The van der Waals surface area contributed by atoms with Crippen LogP contribution in [0.2, 0.25) is 0 Å². The number of aryl methyl sites for hydroxylation is 1. The molecule has 0 amide bonds. The maximum absolute atomic E-state index is 13.0. The summed E-state index contributed by atoms with van der Waals surface area (Å²) in [4.78, 5) is 34.2. The number of rotatable bonds is 8. The van der Waals surface area contributed by atoms with Crippen LogP contribution in [0.4, 0.5) is 0 Å². The van der Waals surface area contributed by atoms with Gasteiger partial charge in [0.15, 0.2) is 5.65 Å². The zero-order valence-corrected chi connectivity index (χ0v) is 17.8. The van der Waals surface area contributed by atoms with Crippen LogP contribution in [0.3, 0.4) is 0 Å². The average Bonchev–Trinajstić information content (AvgIpc) is 3.20. The molecule has 2 bridgehead atoms. The summed E-state index contributed by atoms with van der Waals surface area (Å²) in [7, 11) is 0. The SMILES string of the molecule is CCCn1c(=O)c2[nH]c(C34CCC(CCCO)(CC3)CC4)nc2n(CCC)c1=O. The third kappa shape index (κ3) is 3.27. The van der Waals surface area contributed by atoms with E-state index in [2.05, 4.69) is 4.98 Å². The van der Waals surface area contributed by atoms with Crippen molar-refractivity contribution in [3.8, 4) is 0 Å². The van der Waals surface area contributed by atoms with Crippen molar-refractivity contribution in [2.75, 3.05) is 6.61 Å². The molecule has 2 aromatic rings. The number of aromatic nitrogens is 4. The van der Waals surface area contributed by atoms with Crippen molar-refractivity contribution in [2.45, 2.75) is 96.6 Å². The third-order valence-corrected chi connectivity index (χ3v) is 7.52. The first-order chi connectivity index (χ1) is 14.0. The summed E-state index contributed by atoms with van der Waals surface area (Å²) in [5.74, 6) is 0.901. The summed E-state index contributed by atoms with van der Waals surface area (Å²) in [6, 6.07) is 0. The molecular weight excluding hydrogens is 368 g/mol. The molecule has 29 heavy (non-hydrogen) atoms. The molecule has 0 radical (unpaired) electrons. The van der Waals surface area contributed by atoms with Crippen molar-refractivity contribution < 1.29 is 5.11 Å². The van der Waals surface area contributed by atoms with E-state index in [0.717, 1.165) is 70.0 Å². The van der Waals surface area contributed by atoms with Crippen LogP contribution in [-0.2, 0) is 18.5 Å². The Labute approximate surface area is 171 Å². The number of fused-ring (bicyclic) bond motifs is 4. The van der Waals surface area contributed by atoms with Crippen molar-refractivity contribution >= 4 is 11.2 Å². The fourth-order valence-corrected chi connectivity index (χ4v) is 5.71. The van der Waals surface area contributed by atoms with Crippen LogP contribution in [0.15, 0.2) is 9.59 Å². The van der Waals surface area contributed by atoms with Gasteiger partial charge >= 0.3 is 5.69 Å². The molecule has 0 unspecified atom stereocenters. The van der Waals surface area contributed by atoms with Crippen molar-refractivity contribution in [2.24, 2.45) is 5.41 Å². The van der Waals surface area contributed by atoms with E-state index >= 15 is 0 Å². The highest BCUT2D eigenvalue weighted by atomic mass is 16.3. The minimum atomic E-state index is -0.239. The molecule has 2 heterocycles. The second-order valence-electron chi connectivity index (χ2n) is 9.28. The van der Waals surface area contributed by atoms with Gasteiger partial charge in [0.05, 0.1) is 0 Å². The van der Waals surface area contributed by atoms with Crippen molar-refractivity contribution in [1.29, 1.82) is 0 Å². The summed E-state index contributed by atoms with van der Waals surface area (Å²) >= 11 is 0. The summed E-state index contributed by atoms with van der Waals surface area (Å²) in [5, 5.41) is 9.23. The Morgan fingerprint density at radius 3 is 2.21 bits per heavy atom. The van der Waals surface area contributed by atoms with E-state index in [4.69, 9.17) is 4.98 Å². The quantitative estimate of drug-likeness (QED) is 0.710. The number of aromatic amines is 1. The average molecular weight is 403 g/mol. The lowest BCUT2D eigenvalue weighted by atomic mass is 9.52. The number of imidazole rings is 1. The number of nitrogens with one attached hydrogen (secondary N) is 1. The highest BCUT2D eigenvalue weighted by Gasteiger charge is 2.50. The van der Waals surface area contributed by atoms with Gasteiger partial charge in [0.1, 0.15) is 11.3 Å². The molecule has 7 nitrogen and oxygen atoms in total. The standard InChI is InChI=1S/C22H34N4O3/c1-3-13-25-17-16(18(28)26(14-4-2)20(25)29)23-19(24-17)22-10-7-21(8-11-22,9-12-22)6-5-15-27/h27H,3-15H2,1-2H3,(H,23,24). The molecule has 160 valence electrons. The van der Waals surface area contributed by atoms with Crippen molar-refractivity contribution in [3.05, 3.63) is 26.7 Å². The number of aliphatic hydroxyl groups is 1. The van der Waals surface area contributed by atoms with Crippen molar-refractivity contribution in [3.63, 3.8) is 0 Å². The second kappa shape index (κ2) is 7.74. The van der Waals surface area contributed by atoms with E-state index in [-0.39, 0.29) is 23.3 Å². The second-order valence-corrected chi connectivity index (χ2v) is 9.28. The highest BCUT2D eigenvalue weighted by Crippen LogP contribution is 2.58. The number of nitrogens with zero attached hydrogens (tertiary/aromatic N) is 3.